The van der Waals surface area contributed by atoms with E-state index in [2.05, 4.69) is 25.3 Å². The number of nitrogens with two attached hydrogens (primary N) is 1. The fourth-order valence-electron chi connectivity index (χ4n) is 2.39. The number of nitrogen functional groups attached to an aromatic ring is 1. The highest BCUT2D eigenvalue weighted by Gasteiger charge is 2.13. The molecule has 0 fully saturated rings. The molecule has 4 rings (SSSR count). The normalized spacial score (nSPS) is 11.0. The Labute approximate surface area is 146 Å². The number of nitrogens with one attached hydrogen (secondary N) is 1. The van der Waals surface area contributed by atoms with Gasteiger partial charge in [0, 0.05) is 43.0 Å². The highest BCUT2D eigenvalue weighted by molar-refractivity contribution is 7.21. The summed E-state index contributed by atoms with van der Waals surface area (Å²) in [5.41, 5.74) is 8.69. The van der Waals surface area contributed by atoms with E-state index in [1.54, 1.807) is 25.5 Å². The minimum absolute atomic E-state index is 0.358. The molecule has 124 valence electrons. The van der Waals surface area contributed by atoms with Gasteiger partial charge < -0.3 is 11.1 Å². The lowest BCUT2D eigenvalue weighted by molar-refractivity contribution is 0.630. The van der Waals surface area contributed by atoms with Crippen molar-refractivity contribution in [2.24, 2.45) is 0 Å². The van der Waals surface area contributed by atoms with Gasteiger partial charge in [0.25, 0.3) is 0 Å². The number of rotatable bonds is 3. The molecule has 3 heterocycles. The minimum atomic E-state index is -0.394. The molecule has 0 amide bonds. The minimum Gasteiger partial charge on any atom is -0.399 e. The lowest BCUT2D eigenvalue weighted by Crippen LogP contribution is -1.96. The highest BCUT2D eigenvalue weighted by Crippen LogP contribution is 2.33. The fourth-order valence-corrected chi connectivity index (χ4v) is 3.42. The number of pyridine rings is 1. The van der Waals surface area contributed by atoms with E-state index in [4.69, 9.17) is 5.73 Å². The molecule has 0 aliphatic heterocycles. The van der Waals surface area contributed by atoms with Gasteiger partial charge in [0.2, 0.25) is 5.95 Å². The molecule has 0 unspecified atom stereocenters. The van der Waals surface area contributed by atoms with Gasteiger partial charge in [0.1, 0.15) is 10.8 Å². The van der Waals surface area contributed by atoms with Crippen LogP contribution in [0.5, 0.6) is 0 Å². The molecule has 4 aromatic rings. The summed E-state index contributed by atoms with van der Waals surface area (Å²) in [7, 11) is 1.73. The van der Waals surface area contributed by atoms with Crippen molar-refractivity contribution in [2.45, 2.75) is 0 Å². The van der Waals surface area contributed by atoms with Crippen LogP contribution in [0.4, 0.5) is 16.0 Å². The predicted octanol–water partition coefficient (Wildman–Crippen LogP) is 3.58. The van der Waals surface area contributed by atoms with Crippen LogP contribution in [-0.2, 0) is 0 Å². The Morgan fingerprint density at radius 2 is 1.88 bits per heavy atom. The molecular formula is C17H13FN6S. The van der Waals surface area contributed by atoms with Crippen molar-refractivity contribution in [2.75, 3.05) is 18.1 Å². The van der Waals surface area contributed by atoms with E-state index >= 15 is 0 Å². The average Bonchev–Trinajstić information content (AvgIpc) is 3.04. The number of hydrogen-bond acceptors (Lipinski definition) is 7. The summed E-state index contributed by atoms with van der Waals surface area (Å²) in [6.45, 7) is 0. The summed E-state index contributed by atoms with van der Waals surface area (Å²) in [4.78, 5) is 17.0. The quantitative estimate of drug-likeness (QED) is 0.548. The maximum Gasteiger partial charge on any atom is 0.222 e. The van der Waals surface area contributed by atoms with Gasteiger partial charge in [-0.3, -0.25) is 4.98 Å². The van der Waals surface area contributed by atoms with E-state index in [1.807, 2.05) is 12.1 Å². The molecule has 8 heteroatoms. The first-order valence-electron chi connectivity index (χ1n) is 7.46. The zero-order chi connectivity index (χ0) is 17.4. The number of thiazole rings is 1. The number of fused-ring (bicyclic) bond motifs is 1. The van der Waals surface area contributed by atoms with Crippen molar-refractivity contribution in [3.8, 4) is 21.8 Å². The number of hydrogen-bond donors (Lipinski definition) is 2. The maximum atomic E-state index is 14.6. The summed E-state index contributed by atoms with van der Waals surface area (Å²) in [5, 5.41) is 3.40. The van der Waals surface area contributed by atoms with E-state index in [0.717, 1.165) is 10.2 Å². The summed E-state index contributed by atoms with van der Waals surface area (Å²) in [6, 6.07) is 6.80. The Balaban J connectivity index is 1.73. The van der Waals surface area contributed by atoms with Gasteiger partial charge in [-0.15, -0.1) is 11.3 Å². The van der Waals surface area contributed by atoms with Gasteiger partial charge in [-0.2, -0.15) is 0 Å². The molecule has 0 radical (unpaired) electrons. The maximum absolute atomic E-state index is 14.6. The summed E-state index contributed by atoms with van der Waals surface area (Å²) < 4.78 is 15.5. The number of anilines is 2. The predicted molar refractivity (Wildman–Crippen MR) is 97.8 cm³/mol. The van der Waals surface area contributed by atoms with Crippen molar-refractivity contribution in [1.82, 2.24) is 19.9 Å². The summed E-state index contributed by atoms with van der Waals surface area (Å²) in [6.07, 6.45) is 4.68. The van der Waals surface area contributed by atoms with Crippen LogP contribution in [0, 0.1) is 5.82 Å². The number of halogens is 1. The molecule has 0 spiro atoms. The zero-order valence-electron chi connectivity index (χ0n) is 13.2. The Hall–Kier alpha value is -3.13. The van der Waals surface area contributed by atoms with Gasteiger partial charge in [0.05, 0.1) is 21.5 Å². The monoisotopic (exact) mass is 352 g/mol. The molecule has 1 aromatic carbocycles. The molecule has 0 saturated carbocycles. The van der Waals surface area contributed by atoms with Gasteiger partial charge in [-0.1, -0.05) is 0 Å². The van der Waals surface area contributed by atoms with Gasteiger partial charge in [0.15, 0.2) is 0 Å². The number of aromatic nitrogens is 4. The fraction of sp³-hybridized carbons (Fsp3) is 0.0588. The van der Waals surface area contributed by atoms with Crippen molar-refractivity contribution < 1.29 is 4.39 Å². The van der Waals surface area contributed by atoms with Crippen LogP contribution < -0.4 is 11.1 Å². The zero-order valence-corrected chi connectivity index (χ0v) is 14.0. The van der Waals surface area contributed by atoms with E-state index < -0.39 is 5.82 Å². The molecule has 0 aliphatic carbocycles. The molecule has 0 atom stereocenters. The van der Waals surface area contributed by atoms with Crippen LogP contribution >= 0.6 is 11.3 Å². The standard InChI is InChI=1S/C17H13FN6S/c1-20-17-22-6-9(7-23-17)14-5-12(18)11(8-21-14)16-24-13-3-2-10(19)4-15(13)25-16/h2-8H,19H2,1H3,(H,20,22,23). The average molecular weight is 352 g/mol. The molecule has 0 aliphatic rings. The van der Waals surface area contributed by atoms with Crippen molar-refractivity contribution in [3.63, 3.8) is 0 Å². The highest BCUT2D eigenvalue weighted by atomic mass is 32.1. The van der Waals surface area contributed by atoms with Crippen molar-refractivity contribution >= 4 is 33.2 Å². The van der Waals surface area contributed by atoms with E-state index in [0.29, 0.717) is 33.5 Å². The molecule has 3 N–H and O–H groups in total. The van der Waals surface area contributed by atoms with Crippen molar-refractivity contribution in [3.05, 3.63) is 48.7 Å². The molecule has 0 saturated heterocycles. The lowest BCUT2D eigenvalue weighted by atomic mass is 10.2. The first-order valence-corrected chi connectivity index (χ1v) is 8.28. The second kappa shape index (κ2) is 6.06. The Kier molecular flexibility index (Phi) is 3.73. The van der Waals surface area contributed by atoms with Crippen LogP contribution in [0.15, 0.2) is 42.9 Å². The SMILES string of the molecule is CNc1ncc(-c2cc(F)c(-c3nc4ccc(N)cc4s3)cn2)cn1. The molecule has 0 bridgehead atoms. The smallest absolute Gasteiger partial charge is 0.222 e. The second-order valence-electron chi connectivity index (χ2n) is 5.34. The third-order valence-corrected chi connectivity index (χ3v) is 4.72. The van der Waals surface area contributed by atoms with Gasteiger partial charge >= 0.3 is 0 Å². The van der Waals surface area contributed by atoms with Crippen LogP contribution in [0.2, 0.25) is 0 Å². The number of nitrogens with zero attached hydrogens (tertiary/aromatic N) is 4. The van der Waals surface area contributed by atoms with Crippen LogP contribution in [0.25, 0.3) is 32.0 Å². The lowest BCUT2D eigenvalue weighted by Gasteiger charge is -2.04. The Morgan fingerprint density at radius 3 is 2.60 bits per heavy atom. The van der Waals surface area contributed by atoms with Crippen LogP contribution in [0.3, 0.4) is 0 Å². The van der Waals surface area contributed by atoms with E-state index in [9.17, 15) is 4.39 Å². The first kappa shape index (κ1) is 15.4. The summed E-state index contributed by atoms with van der Waals surface area (Å²) >= 11 is 1.38. The van der Waals surface area contributed by atoms with Crippen LogP contribution in [0.1, 0.15) is 0 Å². The number of benzene rings is 1. The molecule has 25 heavy (non-hydrogen) atoms. The van der Waals surface area contributed by atoms with Crippen LogP contribution in [-0.4, -0.2) is 27.0 Å². The molecular weight excluding hydrogens is 339 g/mol. The molecule has 6 nitrogen and oxygen atoms in total. The summed E-state index contributed by atoms with van der Waals surface area (Å²) in [5.74, 6) is 0.101. The second-order valence-corrected chi connectivity index (χ2v) is 6.37. The third kappa shape index (κ3) is 2.87. The van der Waals surface area contributed by atoms with Crippen molar-refractivity contribution in [1.29, 1.82) is 0 Å². The van der Waals surface area contributed by atoms with Gasteiger partial charge in [-0.25, -0.2) is 19.3 Å². The largest absolute Gasteiger partial charge is 0.399 e. The first-order chi connectivity index (χ1) is 12.1. The van der Waals surface area contributed by atoms with Gasteiger partial charge in [-0.05, 0) is 18.2 Å². The van der Waals surface area contributed by atoms with E-state index in [1.165, 1.54) is 23.6 Å². The Morgan fingerprint density at radius 1 is 1.08 bits per heavy atom. The molecule has 3 aromatic heterocycles. The third-order valence-electron chi connectivity index (χ3n) is 3.67. The topological polar surface area (TPSA) is 89.6 Å². The Bertz CT molecular complexity index is 1060. The van der Waals surface area contributed by atoms with E-state index in [-0.39, 0.29) is 0 Å².